The zero-order chi connectivity index (χ0) is 13.2. The molecule has 0 heterocycles. The maximum atomic E-state index is 12.2. The van der Waals surface area contributed by atoms with E-state index < -0.39 is 10.0 Å². The quantitative estimate of drug-likeness (QED) is 0.898. The zero-order valence-electron chi connectivity index (χ0n) is 10.6. The summed E-state index contributed by atoms with van der Waals surface area (Å²) in [6.45, 7) is 3.98. The summed E-state index contributed by atoms with van der Waals surface area (Å²) in [5.74, 6) is 0. The van der Waals surface area contributed by atoms with Gasteiger partial charge in [0, 0.05) is 24.1 Å². The number of hydrogen-bond acceptors (Lipinski definition) is 3. The van der Waals surface area contributed by atoms with Gasteiger partial charge in [-0.1, -0.05) is 22.0 Å². The van der Waals surface area contributed by atoms with Crippen LogP contribution in [0.2, 0.25) is 0 Å². The molecule has 4 nitrogen and oxygen atoms in total. The molecule has 0 saturated carbocycles. The number of halogens is 2. The molecule has 1 aromatic carbocycles. The van der Waals surface area contributed by atoms with E-state index in [0.29, 0.717) is 6.54 Å². The standard InChI is InChI=1S/C11H17BrN2O2S.ClH/c1-8-4-5-10(6-11(8)12)17(15,16)14(3)9(2)7-13;/h4-6,9H,7,13H2,1-3H3;1H. The average molecular weight is 358 g/mol. The summed E-state index contributed by atoms with van der Waals surface area (Å²) < 4.78 is 26.6. The Morgan fingerprint density at radius 3 is 2.44 bits per heavy atom. The van der Waals surface area contributed by atoms with Gasteiger partial charge in [0.25, 0.3) is 0 Å². The Labute approximate surface area is 123 Å². The van der Waals surface area contributed by atoms with Crippen molar-refractivity contribution in [1.29, 1.82) is 0 Å². The normalized spacial score (nSPS) is 13.2. The topological polar surface area (TPSA) is 63.4 Å². The molecule has 1 aromatic rings. The highest BCUT2D eigenvalue weighted by Crippen LogP contribution is 2.23. The molecule has 2 N–H and O–H groups in total. The molecule has 104 valence electrons. The molecule has 0 radical (unpaired) electrons. The second-order valence-corrected chi connectivity index (χ2v) is 6.87. The minimum atomic E-state index is -3.47. The van der Waals surface area contributed by atoms with Crippen molar-refractivity contribution >= 4 is 38.4 Å². The van der Waals surface area contributed by atoms with E-state index in [9.17, 15) is 8.42 Å². The Morgan fingerprint density at radius 1 is 1.44 bits per heavy atom. The van der Waals surface area contributed by atoms with Gasteiger partial charge in [-0.15, -0.1) is 12.4 Å². The maximum Gasteiger partial charge on any atom is 0.243 e. The second-order valence-electron chi connectivity index (χ2n) is 4.02. The highest BCUT2D eigenvalue weighted by Gasteiger charge is 2.24. The monoisotopic (exact) mass is 356 g/mol. The largest absolute Gasteiger partial charge is 0.329 e. The molecular weight excluding hydrogens is 340 g/mol. The lowest BCUT2D eigenvalue weighted by atomic mass is 10.2. The van der Waals surface area contributed by atoms with Crippen LogP contribution >= 0.6 is 28.3 Å². The predicted molar refractivity (Wildman–Crippen MR) is 79.6 cm³/mol. The van der Waals surface area contributed by atoms with Gasteiger partial charge in [-0.2, -0.15) is 4.31 Å². The Kier molecular flexibility index (Phi) is 6.81. The molecule has 18 heavy (non-hydrogen) atoms. The molecule has 0 bridgehead atoms. The van der Waals surface area contributed by atoms with Gasteiger partial charge in [-0.05, 0) is 31.5 Å². The number of benzene rings is 1. The fourth-order valence-electron chi connectivity index (χ4n) is 1.29. The van der Waals surface area contributed by atoms with Gasteiger partial charge in [0.15, 0.2) is 0 Å². The summed E-state index contributed by atoms with van der Waals surface area (Å²) in [4.78, 5) is 0.276. The highest BCUT2D eigenvalue weighted by atomic mass is 79.9. The molecule has 0 aromatic heterocycles. The van der Waals surface area contributed by atoms with Gasteiger partial charge in [-0.25, -0.2) is 8.42 Å². The zero-order valence-corrected chi connectivity index (χ0v) is 13.8. The molecule has 0 amide bonds. The molecule has 1 unspecified atom stereocenters. The van der Waals surface area contributed by atoms with E-state index in [-0.39, 0.29) is 23.3 Å². The van der Waals surface area contributed by atoms with E-state index in [1.807, 2.05) is 6.92 Å². The summed E-state index contributed by atoms with van der Waals surface area (Å²) in [5, 5.41) is 0. The first-order chi connectivity index (χ1) is 7.80. The van der Waals surface area contributed by atoms with Gasteiger partial charge in [0.1, 0.15) is 0 Å². The van der Waals surface area contributed by atoms with Crippen molar-refractivity contribution < 1.29 is 8.42 Å². The van der Waals surface area contributed by atoms with Crippen molar-refractivity contribution in [3.8, 4) is 0 Å². The van der Waals surface area contributed by atoms with E-state index in [1.165, 1.54) is 4.31 Å². The summed E-state index contributed by atoms with van der Waals surface area (Å²) >= 11 is 3.33. The molecule has 0 aliphatic rings. The van der Waals surface area contributed by atoms with E-state index >= 15 is 0 Å². The van der Waals surface area contributed by atoms with Crippen molar-refractivity contribution in [2.45, 2.75) is 24.8 Å². The average Bonchev–Trinajstić information content (AvgIpc) is 2.30. The van der Waals surface area contributed by atoms with Crippen LogP contribution in [0.25, 0.3) is 0 Å². The van der Waals surface area contributed by atoms with Gasteiger partial charge < -0.3 is 5.73 Å². The Balaban J connectivity index is 0.00000289. The van der Waals surface area contributed by atoms with Gasteiger partial charge in [0.05, 0.1) is 4.90 Å². The van der Waals surface area contributed by atoms with Crippen LogP contribution in [-0.4, -0.2) is 32.4 Å². The third kappa shape index (κ3) is 3.68. The molecule has 0 aliphatic carbocycles. The Bertz CT molecular complexity index is 508. The first kappa shape index (κ1) is 17.9. The van der Waals surface area contributed by atoms with Crippen LogP contribution in [0.5, 0.6) is 0 Å². The summed E-state index contributed by atoms with van der Waals surface area (Å²) in [7, 11) is -1.92. The summed E-state index contributed by atoms with van der Waals surface area (Å²) in [6, 6.07) is 4.78. The molecule has 1 rings (SSSR count). The van der Waals surface area contributed by atoms with Gasteiger partial charge in [-0.3, -0.25) is 0 Å². The molecule has 0 aliphatic heterocycles. The number of nitrogens with two attached hydrogens (primary N) is 1. The van der Waals surface area contributed by atoms with Gasteiger partial charge in [0.2, 0.25) is 10.0 Å². The molecular formula is C11H18BrClN2O2S. The van der Waals surface area contributed by atoms with Crippen LogP contribution in [-0.2, 0) is 10.0 Å². The maximum absolute atomic E-state index is 12.2. The number of sulfonamides is 1. The van der Waals surface area contributed by atoms with Crippen LogP contribution < -0.4 is 5.73 Å². The van der Waals surface area contributed by atoms with Crippen molar-refractivity contribution in [1.82, 2.24) is 4.31 Å². The lowest BCUT2D eigenvalue weighted by Gasteiger charge is -2.23. The van der Waals surface area contributed by atoms with Crippen LogP contribution in [0.3, 0.4) is 0 Å². The molecule has 0 fully saturated rings. The summed E-state index contributed by atoms with van der Waals surface area (Å²) in [6.07, 6.45) is 0. The van der Waals surface area contributed by atoms with Crippen molar-refractivity contribution in [2.75, 3.05) is 13.6 Å². The highest BCUT2D eigenvalue weighted by molar-refractivity contribution is 9.10. The van der Waals surface area contributed by atoms with Crippen molar-refractivity contribution in [3.05, 3.63) is 28.2 Å². The first-order valence-electron chi connectivity index (χ1n) is 5.25. The Hall–Kier alpha value is -0.140. The summed E-state index contributed by atoms with van der Waals surface area (Å²) in [5.41, 5.74) is 6.48. The molecule has 0 spiro atoms. The predicted octanol–water partition coefficient (Wildman–Crippen LogP) is 2.15. The number of nitrogens with zero attached hydrogens (tertiary/aromatic N) is 1. The lowest BCUT2D eigenvalue weighted by molar-refractivity contribution is 0.394. The minimum absolute atomic E-state index is 0. The van der Waals surface area contributed by atoms with E-state index in [2.05, 4.69) is 15.9 Å². The molecule has 1 atom stereocenters. The number of rotatable bonds is 4. The molecule has 7 heteroatoms. The SMILES string of the molecule is Cc1ccc(S(=O)(=O)N(C)C(C)CN)cc1Br.Cl. The van der Waals surface area contributed by atoms with Crippen molar-refractivity contribution in [3.63, 3.8) is 0 Å². The first-order valence-corrected chi connectivity index (χ1v) is 7.48. The van der Waals surface area contributed by atoms with Crippen LogP contribution in [0.4, 0.5) is 0 Å². The number of hydrogen-bond donors (Lipinski definition) is 1. The lowest BCUT2D eigenvalue weighted by Crippen LogP contribution is -2.39. The van der Waals surface area contributed by atoms with Crippen LogP contribution in [0, 0.1) is 6.92 Å². The van der Waals surface area contributed by atoms with E-state index in [4.69, 9.17) is 5.73 Å². The minimum Gasteiger partial charge on any atom is -0.329 e. The van der Waals surface area contributed by atoms with Crippen molar-refractivity contribution in [2.24, 2.45) is 5.73 Å². The fourth-order valence-corrected chi connectivity index (χ4v) is 3.22. The molecule has 0 saturated heterocycles. The third-order valence-electron chi connectivity index (χ3n) is 2.78. The van der Waals surface area contributed by atoms with E-state index in [0.717, 1.165) is 10.0 Å². The smallest absolute Gasteiger partial charge is 0.243 e. The van der Waals surface area contributed by atoms with Crippen LogP contribution in [0.15, 0.2) is 27.6 Å². The number of likely N-dealkylation sites (N-methyl/N-ethyl adjacent to an activating group) is 1. The number of aryl methyl sites for hydroxylation is 1. The third-order valence-corrected chi connectivity index (χ3v) is 5.60. The van der Waals surface area contributed by atoms with Gasteiger partial charge >= 0.3 is 0 Å². The van der Waals surface area contributed by atoms with E-state index in [1.54, 1.807) is 32.2 Å². The second kappa shape index (κ2) is 6.86. The Morgan fingerprint density at radius 2 is 2.00 bits per heavy atom. The fraction of sp³-hybridized carbons (Fsp3) is 0.455. The van der Waals surface area contributed by atoms with Crippen LogP contribution in [0.1, 0.15) is 12.5 Å².